The van der Waals surface area contributed by atoms with Crippen molar-refractivity contribution in [2.24, 2.45) is 0 Å². The van der Waals surface area contributed by atoms with Crippen LogP contribution >= 0.6 is 31.9 Å². The van der Waals surface area contributed by atoms with E-state index < -0.39 is 12.8 Å². The SMILES string of the molecule is Cc1ccc(C(CBr)(CBr)CCCOCC(F)(F)F)cc1. The highest BCUT2D eigenvalue weighted by atomic mass is 79.9. The van der Waals surface area contributed by atoms with E-state index in [9.17, 15) is 13.2 Å². The molecule has 0 aromatic heterocycles. The lowest BCUT2D eigenvalue weighted by Crippen LogP contribution is -2.30. The van der Waals surface area contributed by atoms with Crippen molar-refractivity contribution in [1.82, 2.24) is 0 Å². The van der Waals surface area contributed by atoms with E-state index in [-0.39, 0.29) is 12.0 Å². The summed E-state index contributed by atoms with van der Waals surface area (Å²) in [5.74, 6) is 0. The minimum Gasteiger partial charge on any atom is -0.372 e. The maximum absolute atomic E-state index is 12.0. The Morgan fingerprint density at radius 3 is 2.10 bits per heavy atom. The molecular weight excluding hydrogens is 413 g/mol. The summed E-state index contributed by atoms with van der Waals surface area (Å²) in [5.41, 5.74) is 2.23. The zero-order valence-corrected chi connectivity index (χ0v) is 15.0. The van der Waals surface area contributed by atoms with Gasteiger partial charge >= 0.3 is 6.18 Å². The fourth-order valence-corrected chi connectivity index (χ4v) is 4.21. The predicted molar refractivity (Wildman–Crippen MR) is 86.6 cm³/mol. The summed E-state index contributed by atoms with van der Waals surface area (Å²) in [4.78, 5) is 0. The van der Waals surface area contributed by atoms with E-state index in [0.717, 1.165) is 17.1 Å². The van der Waals surface area contributed by atoms with E-state index >= 15 is 0 Å². The van der Waals surface area contributed by atoms with Crippen LogP contribution in [0.15, 0.2) is 24.3 Å². The predicted octanol–water partition coefficient (Wildman–Crippen LogP) is 5.38. The molecule has 0 aliphatic rings. The topological polar surface area (TPSA) is 9.23 Å². The molecule has 0 heterocycles. The highest BCUT2D eigenvalue weighted by Crippen LogP contribution is 2.34. The molecule has 0 bridgehead atoms. The summed E-state index contributed by atoms with van der Waals surface area (Å²) >= 11 is 7.08. The van der Waals surface area contributed by atoms with Crippen molar-refractivity contribution < 1.29 is 17.9 Å². The molecule has 120 valence electrons. The van der Waals surface area contributed by atoms with Gasteiger partial charge in [0.2, 0.25) is 0 Å². The minimum absolute atomic E-state index is 0.118. The van der Waals surface area contributed by atoms with Gasteiger partial charge in [0.1, 0.15) is 6.61 Å². The number of benzene rings is 1. The highest BCUT2D eigenvalue weighted by Gasteiger charge is 2.30. The number of hydrogen-bond donors (Lipinski definition) is 0. The molecule has 0 aliphatic heterocycles. The molecule has 1 rings (SSSR count). The summed E-state index contributed by atoms with van der Waals surface area (Å²) in [6, 6.07) is 8.26. The van der Waals surface area contributed by atoms with E-state index in [2.05, 4.69) is 60.9 Å². The molecule has 0 saturated carbocycles. The molecule has 0 aliphatic carbocycles. The quantitative estimate of drug-likeness (QED) is 0.396. The van der Waals surface area contributed by atoms with Crippen molar-refractivity contribution in [3.8, 4) is 0 Å². The Balaban J connectivity index is 2.59. The van der Waals surface area contributed by atoms with Crippen LogP contribution in [0.1, 0.15) is 24.0 Å². The van der Waals surface area contributed by atoms with Crippen molar-refractivity contribution in [2.45, 2.75) is 31.4 Å². The Hall–Kier alpha value is -0.0700. The van der Waals surface area contributed by atoms with Gasteiger partial charge in [-0.2, -0.15) is 13.2 Å². The van der Waals surface area contributed by atoms with Gasteiger partial charge in [-0.1, -0.05) is 61.7 Å². The van der Waals surface area contributed by atoms with Gasteiger partial charge in [0, 0.05) is 22.7 Å². The smallest absolute Gasteiger partial charge is 0.372 e. The van der Waals surface area contributed by atoms with Crippen molar-refractivity contribution in [3.05, 3.63) is 35.4 Å². The third-order valence-corrected chi connectivity index (χ3v) is 5.53. The van der Waals surface area contributed by atoms with Crippen molar-refractivity contribution >= 4 is 31.9 Å². The van der Waals surface area contributed by atoms with Crippen LogP contribution in [0.3, 0.4) is 0 Å². The van der Waals surface area contributed by atoms with E-state index in [1.54, 1.807) is 0 Å². The van der Waals surface area contributed by atoms with Crippen LogP contribution in [0, 0.1) is 6.92 Å². The summed E-state index contributed by atoms with van der Waals surface area (Å²) in [7, 11) is 0. The Morgan fingerprint density at radius 1 is 1.05 bits per heavy atom. The Morgan fingerprint density at radius 2 is 1.62 bits per heavy atom. The second kappa shape index (κ2) is 8.53. The minimum atomic E-state index is -4.25. The zero-order valence-electron chi connectivity index (χ0n) is 11.9. The van der Waals surface area contributed by atoms with Crippen LogP contribution in [0.2, 0.25) is 0 Å². The molecule has 21 heavy (non-hydrogen) atoms. The van der Waals surface area contributed by atoms with Crippen molar-refractivity contribution in [2.75, 3.05) is 23.9 Å². The number of rotatable bonds is 8. The average molecular weight is 432 g/mol. The number of aryl methyl sites for hydroxylation is 1. The molecule has 0 fully saturated rings. The van der Waals surface area contributed by atoms with Gasteiger partial charge in [0.15, 0.2) is 0 Å². The maximum Gasteiger partial charge on any atom is 0.411 e. The molecule has 0 saturated heterocycles. The molecule has 0 radical (unpaired) electrons. The Kier molecular flexibility index (Phi) is 7.71. The van der Waals surface area contributed by atoms with Gasteiger partial charge in [-0.3, -0.25) is 0 Å². The average Bonchev–Trinajstić information content (AvgIpc) is 2.43. The first-order chi connectivity index (χ1) is 9.83. The molecule has 0 N–H and O–H groups in total. The van der Waals surface area contributed by atoms with Crippen LogP contribution in [-0.4, -0.2) is 30.1 Å². The highest BCUT2D eigenvalue weighted by molar-refractivity contribution is 9.09. The molecule has 0 amide bonds. The van der Waals surface area contributed by atoms with Crippen LogP contribution in [-0.2, 0) is 10.2 Å². The van der Waals surface area contributed by atoms with E-state index in [0.29, 0.717) is 6.42 Å². The fraction of sp³-hybridized carbons (Fsp3) is 0.600. The van der Waals surface area contributed by atoms with Crippen LogP contribution in [0.4, 0.5) is 13.2 Å². The third kappa shape index (κ3) is 6.28. The zero-order chi connectivity index (χ0) is 15.9. The molecule has 1 aromatic rings. The summed E-state index contributed by atoms with van der Waals surface area (Å²) in [6.45, 7) is 0.971. The van der Waals surface area contributed by atoms with Gasteiger partial charge in [0.25, 0.3) is 0 Å². The van der Waals surface area contributed by atoms with Gasteiger partial charge in [-0.05, 0) is 25.3 Å². The molecule has 0 unspecified atom stereocenters. The molecule has 1 aromatic carbocycles. The van der Waals surface area contributed by atoms with Crippen LogP contribution in [0.5, 0.6) is 0 Å². The van der Waals surface area contributed by atoms with Crippen molar-refractivity contribution in [1.29, 1.82) is 0 Å². The monoisotopic (exact) mass is 430 g/mol. The van der Waals surface area contributed by atoms with E-state index in [1.165, 1.54) is 11.1 Å². The molecule has 6 heteroatoms. The van der Waals surface area contributed by atoms with Gasteiger partial charge in [0.05, 0.1) is 0 Å². The third-order valence-electron chi connectivity index (χ3n) is 3.39. The Bertz CT molecular complexity index is 414. The lowest BCUT2D eigenvalue weighted by Gasteiger charge is -2.31. The lowest BCUT2D eigenvalue weighted by atomic mass is 9.80. The number of alkyl halides is 5. The van der Waals surface area contributed by atoms with Crippen LogP contribution in [0.25, 0.3) is 0 Å². The second-order valence-corrected chi connectivity index (χ2v) is 6.31. The van der Waals surface area contributed by atoms with Gasteiger partial charge < -0.3 is 4.74 Å². The standard InChI is InChI=1S/C15H19Br2F3O/c1-12-3-5-13(6-4-12)14(9-16,10-17)7-2-8-21-11-15(18,19)20/h3-6H,2,7-11H2,1H3. The summed E-state index contributed by atoms with van der Waals surface area (Å²) in [5, 5.41) is 1.49. The molecule has 1 nitrogen and oxygen atoms in total. The first-order valence-corrected chi connectivity index (χ1v) is 8.91. The summed E-state index contributed by atoms with van der Waals surface area (Å²) < 4.78 is 40.7. The fourth-order valence-electron chi connectivity index (χ4n) is 2.08. The number of hydrogen-bond acceptors (Lipinski definition) is 1. The first kappa shape index (κ1) is 19.0. The first-order valence-electron chi connectivity index (χ1n) is 6.66. The number of halogens is 5. The van der Waals surface area contributed by atoms with Crippen molar-refractivity contribution in [3.63, 3.8) is 0 Å². The van der Waals surface area contributed by atoms with Gasteiger partial charge in [-0.25, -0.2) is 0 Å². The molecule has 0 spiro atoms. The van der Waals surface area contributed by atoms with E-state index in [4.69, 9.17) is 0 Å². The Labute approximate surface area is 140 Å². The maximum atomic E-state index is 12.0. The van der Waals surface area contributed by atoms with E-state index in [1.807, 2.05) is 6.92 Å². The largest absolute Gasteiger partial charge is 0.411 e. The lowest BCUT2D eigenvalue weighted by molar-refractivity contribution is -0.174. The van der Waals surface area contributed by atoms with Crippen LogP contribution < -0.4 is 0 Å². The molecular formula is C15H19Br2F3O. The normalized spacial score (nSPS) is 12.7. The molecule has 0 atom stereocenters. The second-order valence-electron chi connectivity index (χ2n) is 5.18. The van der Waals surface area contributed by atoms with Gasteiger partial charge in [-0.15, -0.1) is 0 Å². The number of ether oxygens (including phenoxy) is 1. The summed E-state index contributed by atoms with van der Waals surface area (Å²) in [6.07, 6.45) is -2.91.